The van der Waals surface area contributed by atoms with E-state index in [0.29, 0.717) is 29.9 Å². The molecule has 0 aliphatic carbocycles. The Morgan fingerprint density at radius 3 is 2.44 bits per heavy atom. The number of imidazole rings is 1. The Hall–Kier alpha value is -4.75. The van der Waals surface area contributed by atoms with Crippen LogP contribution in [0.15, 0.2) is 67.1 Å². The summed E-state index contributed by atoms with van der Waals surface area (Å²) in [4.78, 5) is 38.9. The number of nitrogens with zero attached hydrogens (tertiary/aromatic N) is 6. The van der Waals surface area contributed by atoms with E-state index in [2.05, 4.69) is 26.3 Å². The molecule has 2 aliphatic heterocycles. The Balaban J connectivity index is 0.944. The van der Waals surface area contributed by atoms with Gasteiger partial charge in [0, 0.05) is 70.9 Å². The van der Waals surface area contributed by atoms with Crippen molar-refractivity contribution in [1.82, 2.24) is 29.7 Å². The van der Waals surface area contributed by atoms with E-state index >= 15 is 0 Å². The summed E-state index contributed by atoms with van der Waals surface area (Å²) in [6.07, 6.45) is 6.51. The lowest BCUT2D eigenvalue weighted by molar-refractivity contribution is 0.0590. The number of pyridine rings is 1. The Morgan fingerprint density at radius 2 is 1.74 bits per heavy atom. The van der Waals surface area contributed by atoms with Gasteiger partial charge in [-0.25, -0.2) is 4.98 Å². The molecule has 2 aliphatic rings. The van der Waals surface area contributed by atoms with Crippen LogP contribution in [0.4, 0.5) is 0 Å². The number of likely N-dealkylation sites (tertiary alicyclic amines) is 2. The lowest BCUT2D eigenvalue weighted by Crippen LogP contribution is -2.44. The molecule has 6 rings (SSSR count). The molecule has 2 amide bonds. The van der Waals surface area contributed by atoms with Crippen LogP contribution in [-0.4, -0.2) is 74.5 Å². The maximum atomic E-state index is 13.1. The second-order valence-electron chi connectivity index (χ2n) is 11.4. The predicted octanol–water partition coefficient (Wildman–Crippen LogP) is 3.92. The van der Waals surface area contributed by atoms with Crippen molar-refractivity contribution in [2.24, 2.45) is 7.05 Å². The molecule has 0 spiro atoms. The first-order valence-electron chi connectivity index (χ1n) is 14.8. The van der Waals surface area contributed by atoms with Gasteiger partial charge in [0.15, 0.2) is 0 Å². The van der Waals surface area contributed by atoms with Crippen molar-refractivity contribution in [3.63, 3.8) is 0 Å². The van der Waals surface area contributed by atoms with E-state index in [1.807, 2.05) is 54.1 Å². The first kappa shape index (κ1) is 28.4. The van der Waals surface area contributed by atoms with Crippen molar-refractivity contribution in [3.05, 3.63) is 89.5 Å². The molecule has 0 saturated carbocycles. The fourth-order valence-electron chi connectivity index (χ4n) is 5.82. The molecule has 2 fully saturated rings. The number of hydrogen-bond donors (Lipinski definition) is 1. The van der Waals surface area contributed by atoms with Gasteiger partial charge in [-0.2, -0.15) is 5.26 Å². The third kappa shape index (κ3) is 6.68. The third-order valence-electron chi connectivity index (χ3n) is 8.39. The number of nitrogens with one attached hydrogen (secondary N) is 1. The number of nitriles is 1. The fraction of sp³-hybridized carbons (Fsp3) is 0.364. The summed E-state index contributed by atoms with van der Waals surface area (Å²) in [5.74, 6) is 0.494. The number of aromatic nitrogens is 3. The number of benzene rings is 2. The summed E-state index contributed by atoms with van der Waals surface area (Å²) in [6.45, 7) is 3.78. The Bertz CT molecular complexity index is 1630. The van der Waals surface area contributed by atoms with Gasteiger partial charge in [-0.05, 0) is 54.8 Å². The maximum absolute atomic E-state index is 13.1. The highest BCUT2D eigenvalue weighted by atomic mass is 16.5. The average molecular weight is 578 g/mol. The third-order valence-corrected chi connectivity index (χ3v) is 8.39. The number of ether oxygens (including phenoxy) is 1. The minimum atomic E-state index is -0.168. The zero-order chi connectivity index (χ0) is 29.8. The van der Waals surface area contributed by atoms with E-state index < -0.39 is 0 Å². The molecule has 2 aromatic carbocycles. The van der Waals surface area contributed by atoms with Crippen LogP contribution in [0.3, 0.4) is 0 Å². The summed E-state index contributed by atoms with van der Waals surface area (Å²) in [7, 11) is 1.97. The summed E-state index contributed by atoms with van der Waals surface area (Å²) < 4.78 is 8.17. The van der Waals surface area contributed by atoms with E-state index in [9.17, 15) is 9.59 Å². The molecule has 10 nitrogen and oxygen atoms in total. The van der Waals surface area contributed by atoms with E-state index in [0.717, 1.165) is 62.1 Å². The molecule has 0 bridgehead atoms. The molecule has 2 saturated heterocycles. The molecule has 2 aromatic heterocycles. The minimum absolute atomic E-state index is 0.0343. The van der Waals surface area contributed by atoms with Crippen LogP contribution in [-0.2, 0) is 13.6 Å². The van der Waals surface area contributed by atoms with Gasteiger partial charge in [0.05, 0.1) is 34.6 Å². The molecule has 220 valence electrons. The zero-order valence-corrected chi connectivity index (χ0v) is 24.3. The quantitative estimate of drug-likeness (QED) is 0.354. The highest BCUT2D eigenvalue weighted by molar-refractivity contribution is 5.96. The van der Waals surface area contributed by atoms with Gasteiger partial charge < -0.3 is 19.5 Å². The molecule has 43 heavy (non-hydrogen) atoms. The second-order valence-corrected chi connectivity index (χ2v) is 11.4. The van der Waals surface area contributed by atoms with Crippen molar-refractivity contribution in [2.75, 3.05) is 26.2 Å². The first-order chi connectivity index (χ1) is 20.9. The van der Waals surface area contributed by atoms with Crippen molar-refractivity contribution in [1.29, 1.82) is 5.26 Å². The summed E-state index contributed by atoms with van der Waals surface area (Å²) in [5.41, 5.74) is 4.59. The summed E-state index contributed by atoms with van der Waals surface area (Å²) in [6, 6.07) is 19.2. The second kappa shape index (κ2) is 12.6. The average Bonchev–Trinajstić information content (AvgIpc) is 3.42. The minimum Gasteiger partial charge on any atom is -0.490 e. The Kier molecular flexibility index (Phi) is 8.34. The van der Waals surface area contributed by atoms with Gasteiger partial charge in [0.25, 0.3) is 11.8 Å². The van der Waals surface area contributed by atoms with E-state index in [1.165, 1.54) is 11.8 Å². The van der Waals surface area contributed by atoms with E-state index in [-0.39, 0.29) is 24.0 Å². The molecule has 4 heterocycles. The fourth-order valence-corrected chi connectivity index (χ4v) is 5.82. The van der Waals surface area contributed by atoms with E-state index in [1.54, 1.807) is 23.4 Å². The smallest absolute Gasteiger partial charge is 0.272 e. The van der Waals surface area contributed by atoms with Gasteiger partial charge in [-0.15, -0.1) is 0 Å². The van der Waals surface area contributed by atoms with Gasteiger partial charge in [0.1, 0.15) is 17.5 Å². The molecule has 1 N–H and O–H groups in total. The molecule has 0 atom stereocenters. The van der Waals surface area contributed by atoms with Crippen LogP contribution < -0.4 is 10.1 Å². The van der Waals surface area contributed by atoms with Crippen molar-refractivity contribution >= 4 is 22.8 Å². The monoisotopic (exact) mass is 577 g/mol. The number of fused-ring (bicyclic) bond motifs is 1. The van der Waals surface area contributed by atoms with Gasteiger partial charge in [-0.3, -0.25) is 19.5 Å². The topological polar surface area (TPSA) is 116 Å². The lowest BCUT2D eigenvalue weighted by Gasteiger charge is -2.32. The molecule has 10 heteroatoms. The highest BCUT2D eigenvalue weighted by Crippen LogP contribution is 2.24. The highest BCUT2D eigenvalue weighted by Gasteiger charge is 2.26. The molecule has 0 radical (unpaired) electrons. The Labute approximate surface area is 250 Å². The number of amides is 2. The summed E-state index contributed by atoms with van der Waals surface area (Å²) in [5, 5.41) is 12.1. The van der Waals surface area contributed by atoms with Crippen LogP contribution >= 0.6 is 0 Å². The molecular formula is C33H35N7O3. The van der Waals surface area contributed by atoms with Gasteiger partial charge in [-0.1, -0.05) is 12.1 Å². The van der Waals surface area contributed by atoms with Crippen LogP contribution in [0.1, 0.15) is 57.7 Å². The molecular weight excluding hydrogens is 542 g/mol. The largest absolute Gasteiger partial charge is 0.490 e. The molecule has 0 unspecified atom stereocenters. The van der Waals surface area contributed by atoms with Crippen molar-refractivity contribution < 1.29 is 14.3 Å². The van der Waals surface area contributed by atoms with Crippen LogP contribution in [0.2, 0.25) is 0 Å². The number of rotatable bonds is 7. The van der Waals surface area contributed by atoms with Crippen molar-refractivity contribution in [3.8, 4) is 11.8 Å². The van der Waals surface area contributed by atoms with Gasteiger partial charge >= 0.3 is 0 Å². The SMILES string of the molecule is Cn1cnc2cc(OC3CCN(C(=O)c4ccc(C(=O)NC5CCN(Cc6ccc(C#N)cc6)CC5)cn4)CC3)ccc21. The normalized spacial score (nSPS) is 16.6. The van der Waals surface area contributed by atoms with Crippen LogP contribution in [0, 0.1) is 11.3 Å². The zero-order valence-electron chi connectivity index (χ0n) is 24.3. The standard InChI is InChI=1S/C33H35N7O3/c1-38-22-36-30-18-28(7-9-31(30)38)43-27-12-16-40(17-13-27)33(42)29-8-6-25(20-35-29)32(41)37-26-10-14-39(15-11-26)21-24-4-2-23(19-34)3-5-24/h2-9,18,20,22,26-27H,10-17,21H2,1H3,(H,37,41). The summed E-state index contributed by atoms with van der Waals surface area (Å²) >= 11 is 0. The van der Waals surface area contributed by atoms with Gasteiger partial charge in [0.2, 0.25) is 0 Å². The lowest BCUT2D eigenvalue weighted by atomic mass is 10.0. The predicted molar refractivity (Wildman–Crippen MR) is 161 cm³/mol. The number of carbonyl (C=O) groups excluding carboxylic acids is 2. The first-order valence-corrected chi connectivity index (χ1v) is 14.8. The Morgan fingerprint density at radius 1 is 0.977 bits per heavy atom. The van der Waals surface area contributed by atoms with Crippen LogP contribution in [0.25, 0.3) is 11.0 Å². The number of carbonyl (C=O) groups is 2. The number of piperidine rings is 2. The van der Waals surface area contributed by atoms with Crippen LogP contribution in [0.5, 0.6) is 5.75 Å². The number of aryl methyl sites for hydroxylation is 1. The van der Waals surface area contributed by atoms with E-state index in [4.69, 9.17) is 10.00 Å². The molecule has 4 aromatic rings. The maximum Gasteiger partial charge on any atom is 0.272 e. The van der Waals surface area contributed by atoms with Crippen molar-refractivity contribution in [2.45, 2.75) is 44.4 Å². The number of hydrogen-bond acceptors (Lipinski definition) is 7.